The fourth-order valence-corrected chi connectivity index (χ4v) is 1.42. The second kappa shape index (κ2) is 4.09. The molecule has 0 spiro atoms. The summed E-state index contributed by atoms with van der Waals surface area (Å²) in [6.45, 7) is 1.71. The molecule has 7 heteroatoms. The molecule has 0 aliphatic rings. The molecule has 0 saturated carbocycles. The Labute approximate surface area is 97.5 Å². The van der Waals surface area contributed by atoms with E-state index in [4.69, 9.17) is 15.7 Å². The summed E-state index contributed by atoms with van der Waals surface area (Å²) >= 11 is 0. The molecule has 0 fully saturated rings. The quantitative estimate of drug-likeness (QED) is 0.802. The van der Waals surface area contributed by atoms with Gasteiger partial charge in [-0.3, -0.25) is 0 Å². The Balaban J connectivity index is 2.57. The Bertz CT molecular complexity index is 597. The van der Waals surface area contributed by atoms with Crippen molar-refractivity contribution in [1.82, 2.24) is 19.7 Å². The first-order valence-electron chi connectivity index (χ1n) is 4.79. The van der Waals surface area contributed by atoms with Crippen molar-refractivity contribution < 1.29 is 4.74 Å². The molecule has 0 bridgehead atoms. The Kier molecular flexibility index (Phi) is 2.62. The zero-order valence-corrected chi connectivity index (χ0v) is 9.38. The van der Waals surface area contributed by atoms with Crippen LogP contribution < -0.4 is 10.5 Å². The van der Waals surface area contributed by atoms with Crippen molar-refractivity contribution in [3.05, 3.63) is 23.7 Å². The van der Waals surface area contributed by atoms with Gasteiger partial charge < -0.3 is 10.5 Å². The Morgan fingerprint density at radius 3 is 2.82 bits per heavy atom. The van der Waals surface area contributed by atoms with Gasteiger partial charge in [-0.2, -0.15) is 15.0 Å². The van der Waals surface area contributed by atoms with Gasteiger partial charge in [-0.05, 0) is 6.92 Å². The molecule has 7 nitrogen and oxygen atoms in total. The van der Waals surface area contributed by atoms with E-state index in [1.165, 1.54) is 18.1 Å². The number of anilines is 1. The smallest absolute Gasteiger partial charge is 0.218 e. The van der Waals surface area contributed by atoms with E-state index in [-0.39, 0.29) is 5.82 Å². The molecule has 2 N–H and O–H groups in total. The molecule has 2 aromatic rings. The zero-order chi connectivity index (χ0) is 12.4. The van der Waals surface area contributed by atoms with Crippen LogP contribution in [0.1, 0.15) is 11.3 Å². The van der Waals surface area contributed by atoms with Gasteiger partial charge in [0.15, 0.2) is 5.82 Å². The molecule has 17 heavy (non-hydrogen) atoms. The summed E-state index contributed by atoms with van der Waals surface area (Å²) in [6, 6.07) is 3.59. The number of hydrogen-bond acceptors (Lipinski definition) is 6. The minimum atomic E-state index is 0.255. The number of ether oxygens (including phenoxy) is 1. The molecule has 0 atom stereocenters. The van der Waals surface area contributed by atoms with Crippen LogP contribution in [0.5, 0.6) is 5.88 Å². The van der Waals surface area contributed by atoms with E-state index in [1.807, 2.05) is 6.07 Å². The Morgan fingerprint density at radius 1 is 1.47 bits per heavy atom. The maximum Gasteiger partial charge on any atom is 0.218 e. The molecule has 0 aliphatic carbocycles. The van der Waals surface area contributed by atoms with E-state index in [9.17, 15) is 0 Å². The predicted molar refractivity (Wildman–Crippen MR) is 59.6 cm³/mol. The van der Waals surface area contributed by atoms with Gasteiger partial charge in [-0.1, -0.05) is 0 Å². The maximum atomic E-state index is 8.92. The van der Waals surface area contributed by atoms with Gasteiger partial charge in [-0.15, -0.1) is 0 Å². The van der Waals surface area contributed by atoms with E-state index < -0.39 is 0 Å². The third-order valence-corrected chi connectivity index (χ3v) is 2.26. The first-order chi connectivity index (χ1) is 8.17. The highest BCUT2D eigenvalue weighted by atomic mass is 16.5. The van der Waals surface area contributed by atoms with Crippen molar-refractivity contribution in [2.24, 2.45) is 0 Å². The largest absolute Gasteiger partial charge is 0.481 e. The van der Waals surface area contributed by atoms with Crippen LogP contribution in [0.4, 0.5) is 5.82 Å². The second-order valence-electron chi connectivity index (χ2n) is 3.29. The monoisotopic (exact) mass is 230 g/mol. The minimum absolute atomic E-state index is 0.255. The standard InChI is InChI=1S/C10H10N6O/c1-6-7(4-11)10(12)16(15-6)8-3-9(17-2)14-5-13-8/h3,5H,12H2,1-2H3. The van der Waals surface area contributed by atoms with Crippen molar-refractivity contribution in [3.8, 4) is 17.8 Å². The Hall–Kier alpha value is -2.62. The number of aromatic nitrogens is 4. The highest BCUT2D eigenvalue weighted by Gasteiger charge is 2.14. The van der Waals surface area contributed by atoms with Crippen LogP contribution in [0.15, 0.2) is 12.4 Å². The normalized spacial score (nSPS) is 9.94. The lowest BCUT2D eigenvalue weighted by Crippen LogP contribution is -2.05. The van der Waals surface area contributed by atoms with Crippen LogP contribution in [-0.2, 0) is 0 Å². The molecular formula is C10H10N6O. The van der Waals surface area contributed by atoms with Gasteiger partial charge in [0.2, 0.25) is 5.88 Å². The van der Waals surface area contributed by atoms with Crippen LogP contribution in [0, 0.1) is 18.3 Å². The summed E-state index contributed by atoms with van der Waals surface area (Å²) in [6.07, 6.45) is 1.34. The van der Waals surface area contributed by atoms with Crippen molar-refractivity contribution in [2.45, 2.75) is 6.92 Å². The third kappa shape index (κ3) is 1.76. The van der Waals surface area contributed by atoms with Crippen LogP contribution in [0.3, 0.4) is 0 Å². The molecular weight excluding hydrogens is 220 g/mol. The van der Waals surface area contributed by atoms with Gasteiger partial charge in [0.25, 0.3) is 0 Å². The van der Waals surface area contributed by atoms with Crippen molar-refractivity contribution in [2.75, 3.05) is 12.8 Å². The van der Waals surface area contributed by atoms with Crippen molar-refractivity contribution in [3.63, 3.8) is 0 Å². The first kappa shape index (κ1) is 10.9. The fourth-order valence-electron chi connectivity index (χ4n) is 1.42. The number of nitrogens with zero attached hydrogens (tertiary/aromatic N) is 5. The van der Waals surface area contributed by atoms with E-state index in [1.54, 1.807) is 13.0 Å². The molecule has 0 aliphatic heterocycles. The summed E-state index contributed by atoms with van der Waals surface area (Å²) in [5.41, 5.74) is 6.72. The van der Waals surface area contributed by atoms with Gasteiger partial charge in [0, 0.05) is 6.07 Å². The number of nitrogen functional groups attached to an aromatic ring is 1. The molecule has 2 rings (SSSR count). The predicted octanol–water partition coefficient (Wildman–Crippen LogP) is 0.433. The van der Waals surface area contributed by atoms with E-state index >= 15 is 0 Å². The number of nitrogens with two attached hydrogens (primary N) is 1. The number of rotatable bonds is 2. The topological polar surface area (TPSA) is 103 Å². The highest BCUT2D eigenvalue weighted by Crippen LogP contribution is 2.19. The molecule has 0 unspecified atom stereocenters. The molecule has 0 aromatic carbocycles. The van der Waals surface area contributed by atoms with Crippen molar-refractivity contribution >= 4 is 5.82 Å². The summed E-state index contributed by atoms with van der Waals surface area (Å²) in [4.78, 5) is 7.91. The zero-order valence-electron chi connectivity index (χ0n) is 9.38. The first-order valence-corrected chi connectivity index (χ1v) is 4.79. The number of nitriles is 1. The molecule has 0 radical (unpaired) electrons. The van der Waals surface area contributed by atoms with Crippen LogP contribution >= 0.6 is 0 Å². The average Bonchev–Trinajstić information content (AvgIpc) is 2.64. The van der Waals surface area contributed by atoms with Gasteiger partial charge in [0.1, 0.15) is 23.8 Å². The van der Waals surface area contributed by atoms with Crippen LogP contribution in [0.25, 0.3) is 5.82 Å². The number of methoxy groups -OCH3 is 1. The molecule has 2 heterocycles. The highest BCUT2D eigenvalue weighted by molar-refractivity contribution is 5.54. The van der Waals surface area contributed by atoms with Crippen LogP contribution in [0.2, 0.25) is 0 Å². The van der Waals surface area contributed by atoms with Gasteiger partial charge >= 0.3 is 0 Å². The third-order valence-electron chi connectivity index (χ3n) is 2.26. The second-order valence-corrected chi connectivity index (χ2v) is 3.29. The average molecular weight is 230 g/mol. The molecule has 0 saturated heterocycles. The summed E-state index contributed by atoms with van der Waals surface area (Å²) < 4.78 is 6.37. The number of aryl methyl sites for hydroxylation is 1. The van der Waals surface area contributed by atoms with Gasteiger partial charge in [0.05, 0.1) is 12.8 Å². The lowest BCUT2D eigenvalue weighted by molar-refractivity contribution is 0.396. The molecule has 2 aromatic heterocycles. The summed E-state index contributed by atoms with van der Waals surface area (Å²) in [5.74, 6) is 1.12. The van der Waals surface area contributed by atoms with Gasteiger partial charge in [-0.25, -0.2) is 9.97 Å². The summed E-state index contributed by atoms with van der Waals surface area (Å²) in [5, 5.41) is 13.1. The Morgan fingerprint density at radius 2 is 2.24 bits per heavy atom. The SMILES string of the molecule is COc1cc(-n2nc(C)c(C#N)c2N)ncn1. The van der Waals surface area contributed by atoms with Crippen LogP contribution in [-0.4, -0.2) is 26.9 Å². The number of hydrogen-bond donors (Lipinski definition) is 1. The minimum Gasteiger partial charge on any atom is -0.481 e. The van der Waals surface area contributed by atoms with E-state index in [2.05, 4.69) is 15.1 Å². The fraction of sp³-hybridized carbons (Fsp3) is 0.200. The lowest BCUT2D eigenvalue weighted by Gasteiger charge is -2.03. The lowest BCUT2D eigenvalue weighted by atomic mass is 10.3. The van der Waals surface area contributed by atoms with E-state index in [0.717, 1.165) is 0 Å². The van der Waals surface area contributed by atoms with Crippen molar-refractivity contribution in [1.29, 1.82) is 5.26 Å². The summed E-state index contributed by atoms with van der Waals surface area (Å²) in [7, 11) is 1.50. The molecule has 0 amide bonds. The molecule has 86 valence electrons. The maximum absolute atomic E-state index is 8.92. The van der Waals surface area contributed by atoms with E-state index in [0.29, 0.717) is 23.0 Å².